The van der Waals surface area contributed by atoms with Gasteiger partial charge in [-0.25, -0.2) is 0 Å². The molecule has 0 spiro atoms. The summed E-state index contributed by atoms with van der Waals surface area (Å²) in [5.41, 5.74) is 2.29. The molecule has 2 aliphatic rings. The normalized spacial score (nSPS) is 30.5. The minimum Gasteiger partial charge on any atom is -1.00 e. The molecule has 0 amide bonds. The lowest BCUT2D eigenvalue weighted by Gasteiger charge is -2.53. The van der Waals surface area contributed by atoms with Gasteiger partial charge in [-0.2, -0.15) is 0 Å². The molecule has 1 saturated heterocycles. The summed E-state index contributed by atoms with van der Waals surface area (Å²) in [5.74, 6) is 0.867. The highest BCUT2D eigenvalue weighted by molar-refractivity contribution is 5.26. The molecule has 1 aromatic rings. The van der Waals surface area contributed by atoms with E-state index in [-0.39, 0.29) is 29.5 Å². The van der Waals surface area contributed by atoms with Gasteiger partial charge in [0.2, 0.25) is 0 Å². The van der Waals surface area contributed by atoms with Crippen molar-refractivity contribution in [3.05, 3.63) is 35.9 Å². The summed E-state index contributed by atoms with van der Waals surface area (Å²) < 4.78 is 1.17. The van der Waals surface area contributed by atoms with Crippen molar-refractivity contribution in [2.24, 2.45) is 11.3 Å². The maximum atomic E-state index is 2.84. The highest BCUT2D eigenvalue weighted by atomic mass is 127. The molecule has 25 heavy (non-hydrogen) atoms. The fourth-order valence-electron chi connectivity index (χ4n) is 4.93. The second-order valence-electron chi connectivity index (χ2n) is 9.91. The van der Waals surface area contributed by atoms with Gasteiger partial charge in [-0.15, -0.1) is 0 Å². The van der Waals surface area contributed by atoms with Crippen molar-refractivity contribution in [1.29, 1.82) is 0 Å². The van der Waals surface area contributed by atoms with Crippen molar-refractivity contribution in [2.45, 2.75) is 52.0 Å². The van der Waals surface area contributed by atoms with E-state index >= 15 is 0 Å². The van der Waals surface area contributed by atoms with Gasteiger partial charge in [-0.1, -0.05) is 51.1 Å². The zero-order valence-electron chi connectivity index (χ0n) is 16.9. The SMILES string of the molecule is CC(C)(C)C1CCC(c2ccccc2)(N2CC[N+](C)(C)CC2)CC1.[I-]. The van der Waals surface area contributed by atoms with Crippen LogP contribution in [0.5, 0.6) is 0 Å². The molecule has 142 valence electrons. The van der Waals surface area contributed by atoms with Crippen LogP contribution in [-0.2, 0) is 5.54 Å². The number of halogens is 1. The number of nitrogens with zero attached hydrogens (tertiary/aromatic N) is 2. The zero-order valence-corrected chi connectivity index (χ0v) is 19.1. The quantitative estimate of drug-likeness (QED) is 0.482. The van der Waals surface area contributed by atoms with Crippen molar-refractivity contribution >= 4 is 0 Å². The average Bonchev–Trinajstić information content (AvgIpc) is 2.55. The van der Waals surface area contributed by atoms with E-state index in [4.69, 9.17) is 0 Å². The number of rotatable bonds is 2. The fraction of sp³-hybridized carbons (Fsp3) is 0.727. The van der Waals surface area contributed by atoms with Crippen molar-refractivity contribution in [1.82, 2.24) is 4.90 Å². The molecule has 0 atom stereocenters. The van der Waals surface area contributed by atoms with Crippen molar-refractivity contribution in [2.75, 3.05) is 40.3 Å². The van der Waals surface area contributed by atoms with Crippen LogP contribution in [0.15, 0.2) is 30.3 Å². The van der Waals surface area contributed by atoms with Gasteiger partial charge in [0.1, 0.15) is 0 Å². The summed E-state index contributed by atoms with van der Waals surface area (Å²) in [6.07, 6.45) is 5.39. The van der Waals surface area contributed by atoms with Crippen LogP contribution in [0.4, 0.5) is 0 Å². The van der Waals surface area contributed by atoms with E-state index in [9.17, 15) is 0 Å². The van der Waals surface area contributed by atoms with Crippen LogP contribution in [0, 0.1) is 11.3 Å². The van der Waals surface area contributed by atoms with Crippen LogP contribution < -0.4 is 24.0 Å². The molecule has 2 fully saturated rings. The Balaban J connectivity index is 0.00000225. The van der Waals surface area contributed by atoms with Crippen LogP contribution in [-0.4, -0.2) is 49.7 Å². The van der Waals surface area contributed by atoms with Gasteiger partial charge in [-0.3, -0.25) is 4.90 Å². The fourth-order valence-corrected chi connectivity index (χ4v) is 4.93. The van der Waals surface area contributed by atoms with Gasteiger partial charge >= 0.3 is 0 Å². The molecule has 1 aromatic carbocycles. The first kappa shape index (κ1) is 21.2. The van der Waals surface area contributed by atoms with Gasteiger partial charge in [0.15, 0.2) is 0 Å². The minimum absolute atomic E-state index is 0. The van der Waals surface area contributed by atoms with Crippen molar-refractivity contribution < 1.29 is 28.5 Å². The Morgan fingerprint density at radius 3 is 1.96 bits per heavy atom. The van der Waals surface area contributed by atoms with E-state index in [2.05, 4.69) is 70.1 Å². The lowest BCUT2D eigenvalue weighted by atomic mass is 9.65. The number of hydrogen-bond acceptors (Lipinski definition) is 1. The van der Waals surface area contributed by atoms with Crippen LogP contribution >= 0.6 is 0 Å². The van der Waals surface area contributed by atoms with E-state index in [1.54, 1.807) is 5.56 Å². The Morgan fingerprint density at radius 1 is 0.960 bits per heavy atom. The maximum absolute atomic E-state index is 2.84. The van der Waals surface area contributed by atoms with Gasteiger partial charge in [-0.05, 0) is 42.6 Å². The molecule has 0 unspecified atom stereocenters. The highest BCUT2D eigenvalue weighted by Crippen LogP contribution is 2.48. The second kappa shape index (κ2) is 7.85. The minimum atomic E-state index is 0. The second-order valence-corrected chi connectivity index (χ2v) is 9.91. The summed E-state index contributed by atoms with van der Waals surface area (Å²) >= 11 is 0. The smallest absolute Gasteiger partial charge is 0.0912 e. The largest absolute Gasteiger partial charge is 1.00 e. The number of piperazine rings is 1. The molecule has 1 saturated carbocycles. The third-order valence-corrected chi connectivity index (χ3v) is 6.90. The van der Waals surface area contributed by atoms with E-state index in [1.807, 2.05) is 0 Å². The van der Waals surface area contributed by atoms with Crippen LogP contribution in [0.25, 0.3) is 0 Å². The predicted molar refractivity (Wildman–Crippen MR) is 103 cm³/mol. The lowest BCUT2D eigenvalue weighted by molar-refractivity contribution is -0.895. The summed E-state index contributed by atoms with van der Waals surface area (Å²) in [4.78, 5) is 2.84. The van der Waals surface area contributed by atoms with Crippen LogP contribution in [0.3, 0.4) is 0 Å². The highest BCUT2D eigenvalue weighted by Gasteiger charge is 2.45. The first-order chi connectivity index (χ1) is 11.2. The lowest BCUT2D eigenvalue weighted by Crippen LogP contribution is -3.00. The predicted octanol–water partition coefficient (Wildman–Crippen LogP) is 1.51. The Hall–Kier alpha value is -0.130. The number of hydrogen-bond donors (Lipinski definition) is 0. The van der Waals surface area contributed by atoms with E-state index in [0.717, 1.165) is 5.92 Å². The molecule has 1 aliphatic carbocycles. The zero-order chi connectivity index (χ0) is 17.4. The molecule has 2 nitrogen and oxygen atoms in total. The monoisotopic (exact) mass is 456 g/mol. The molecule has 3 heteroatoms. The number of quaternary nitrogens is 1. The molecular weight excluding hydrogens is 419 g/mol. The van der Waals surface area contributed by atoms with E-state index in [1.165, 1.54) is 56.3 Å². The molecule has 3 rings (SSSR count). The van der Waals surface area contributed by atoms with Crippen LogP contribution in [0.2, 0.25) is 0 Å². The summed E-state index contributed by atoms with van der Waals surface area (Å²) in [6.45, 7) is 12.3. The van der Waals surface area contributed by atoms with Gasteiger partial charge in [0.25, 0.3) is 0 Å². The topological polar surface area (TPSA) is 3.24 Å². The number of benzene rings is 1. The van der Waals surface area contributed by atoms with Crippen molar-refractivity contribution in [3.8, 4) is 0 Å². The first-order valence-corrected chi connectivity index (χ1v) is 9.86. The first-order valence-electron chi connectivity index (χ1n) is 9.86. The van der Waals surface area contributed by atoms with E-state index < -0.39 is 0 Å². The molecule has 0 aromatic heterocycles. The maximum Gasteiger partial charge on any atom is 0.0912 e. The third-order valence-electron chi connectivity index (χ3n) is 6.90. The number of likely N-dealkylation sites (N-methyl/N-ethyl adjacent to an activating group) is 1. The van der Waals surface area contributed by atoms with Gasteiger partial charge in [0.05, 0.1) is 27.2 Å². The average molecular weight is 456 g/mol. The van der Waals surface area contributed by atoms with Crippen LogP contribution in [0.1, 0.15) is 52.0 Å². The molecular formula is C22H37IN2. The Morgan fingerprint density at radius 2 is 1.48 bits per heavy atom. The standard InChI is InChI=1S/C22H37N2.HI/c1-21(2,3)19-11-13-22(14-12-19,20-9-7-6-8-10-20)23-15-17-24(4,5)18-16-23;/h6-10,19H,11-18H2,1-5H3;1H/q+1;/p-1. The third kappa shape index (κ3) is 4.59. The Labute approximate surface area is 172 Å². The van der Waals surface area contributed by atoms with Gasteiger partial charge in [0, 0.05) is 18.6 Å². The van der Waals surface area contributed by atoms with Gasteiger partial charge < -0.3 is 28.5 Å². The summed E-state index contributed by atoms with van der Waals surface area (Å²) in [6, 6.07) is 11.4. The summed E-state index contributed by atoms with van der Waals surface area (Å²) in [5, 5.41) is 0. The van der Waals surface area contributed by atoms with E-state index in [0.29, 0.717) is 5.41 Å². The Kier molecular flexibility index (Phi) is 6.65. The molecule has 0 N–H and O–H groups in total. The summed E-state index contributed by atoms with van der Waals surface area (Å²) in [7, 11) is 4.76. The molecule has 0 bridgehead atoms. The van der Waals surface area contributed by atoms with Crippen molar-refractivity contribution in [3.63, 3.8) is 0 Å². The molecule has 0 radical (unpaired) electrons. The Bertz CT molecular complexity index is 529. The molecule has 1 aliphatic heterocycles. The molecule has 1 heterocycles.